The molecule has 2 aromatic carbocycles. The molecule has 4 rings (SSSR count). The number of aryl methyl sites for hydroxylation is 1. The van der Waals surface area contributed by atoms with E-state index < -0.39 is 5.91 Å². The van der Waals surface area contributed by atoms with E-state index in [1.165, 1.54) is 11.6 Å². The summed E-state index contributed by atoms with van der Waals surface area (Å²) in [5.74, 6) is -0.534. The number of carbonyl (C=O) groups excluding carboxylic acids is 1. The first-order valence-electron chi connectivity index (χ1n) is 10.2. The first-order chi connectivity index (χ1) is 14.1. The molecule has 152 valence electrons. The van der Waals surface area contributed by atoms with Crippen LogP contribution in [0.4, 0.5) is 10.1 Å². The Morgan fingerprint density at radius 3 is 2.62 bits per heavy atom. The van der Waals surface area contributed by atoms with Crippen LogP contribution in [0.2, 0.25) is 0 Å². The Labute approximate surface area is 170 Å². The molecular weight excluding hydrogens is 367 g/mol. The van der Waals surface area contributed by atoms with Crippen LogP contribution in [0.25, 0.3) is 10.9 Å². The number of H-pyrrole nitrogens is 1. The number of benzene rings is 2. The van der Waals surface area contributed by atoms with Gasteiger partial charge in [-0.3, -0.25) is 9.69 Å². The molecule has 0 spiro atoms. The third-order valence-electron chi connectivity index (χ3n) is 5.79. The lowest BCUT2D eigenvalue weighted by Crippen LogP contribution is -2.46. The maximum Gasteiger partial charge on any atom is 0.248 e. The first-order valence-corrected chi connectivity index (χ1v) is 10.2. The van der Waals surface area contributed by atoms with Crippen LogP contribution in [0.5, 0.6) is 0 Å². The summed E-state index contributed by atoms with van der Waals surface area (Å²) < 4.78 is 14.0. The SMILES string of the molecule is NC(=O)c1ccc2[nH]cc(CCCCN3CCN(c4ccccc4F)CC3)c2c1. The number of carbonyl (C=O) groups is 1. The monoisotopic (exact) mass is 394 g/mol. The summed E-state index contributed by atoms with van der Waals surface area (Å²) in [6.07, 6.45) is 5.20. The number of para-hydroxylation sites is 1. The summed E-state index contributed by atoms with van der Waals surface area (Å²) in [7, 11) is 0. The Balaban J connectivity index is 1.25. The third kappa shape index (κ3) is 4.43. The summed E-state index contributed by atoms with van der Waals surface area (Å²) in [4.78, 5) is 19.3. The molecule has 1 amide bonds. The summed E-state index contributed by atoms with van der Waals surface area (Å²) in [6.45, 7) is 4.70. The number of aromatic nitrogens is 1. The van der Waals surface area contributed by atoms with Crippen LogP contribution < -0.4 is 10.6 Å². The van der Waals surface area contributed by atoms with Crippen molar-refractivity contribution in [1.82, 2.24) is 9.88 Å². The normalized spacial score (nSPS) is 15.1. The van der Waals surface area contributed by atoms with Crippen molar-refractivity contribution in [3.8, 4) is 0 Å². The summed E-state index contributed by atoms with van der Waals surface area (Å²) in [5, 5.41) is 1.08. The highest BCUT2D eigenvalue weighted by Gasteiger charge is 2.18. The van der Waals surface area contributed by atoms with Crippen molar-refractivity contribution in [3.05, 3.63) is 65.6 Å². The van der Waals surface area contributed by atoms with Gasteiger partial charge in [0.05, 0.1) is 5.69 Å². The molecule has 0 unspecified atom stereocenters. The number of nitrogens with zero attached hydrogens (tertiary/aromatic N) is 2. The molecule has 0 aliphatic carbocycles. The Hall–Kier alpha value is -2.86. The average Bonchev–Trinajstić information content (AvgIpc) is 3.14. The zero-order chi connectivity index (χ0) is 20.2. The lowest BCUT2D eigenvalue weighted by atomic mass is 10.0. The number of aromatic amines is 1. The number of rotatable bonds is 7. The van der Waals surface area contributed by atoms with E-state index in [9.17, 15) is 9.18 Å². The minimum absolute atomic E-state index is 0.140. The number of amides is 1. The van der Waals surface area contributed by atoms with Gasteiger partial charge in [0.1, 0.15) is 5.82 Å². The van der Waals surface area contributed by atoms with Crippen molar-refractivity contribution in [1.29, 1.82) is 0 Å². The zero-order valence-corrected chi connectivity index (χ0v) is 16.5. The molecule has 1 aliphatic heterocycles. The minimum Gasteiger partial charge on any atom is -0.367 e. The molecule has 5 nitrogen and oxygen atoms in total. The van der Waals surface area contributed by atoms with Crippen molar-refractivity contribution in [2.24, 2.45) is 5.73 Å². The largest absolute Gasteiger partial charge is 0.367 e. The Morgan fingerprint density at radius 1 is 1.07 bits per heavy atom. The fourth-order valence-corrected chi connectivity index (χ4v) is 4.11. The van der Waals surface area contributed by atoms with Gasteiger partial charge in [-0.25, -0.2) is 4.39 Å². The van der Waals surface area contributed by atoms with Crippen LogP contribution in [0.15, 0.2) is 48.7 Å². The van der Waals surface area contributed by atoms with Gasteiger partial charge in [0.15, 0.2) is 0 Å². The van der Waals surface area contributed by atoms with Crippen molar-refractivity contribution < 1.29 is 9.18 Å². The Bertz CT molecular complexity index is 991. The summed E-state index contributed by atoms with van der Waals surface area (Å²) in [5.41, 5.74) is 8.93. The molecule has 1 aromatic heterocycles. The summed E-state index contributed by atoms with van der Waals surface area (Å²) in [6, 6.07) is 12.6. The van der Waals surface area contributed by atoms with Crippen molar-refractivity contribution in [3.63, 3.8) is 0 Å². The molecule has 3 N–H and O–H groups in total. The van der Waals surface area contributed by atoms with Gasteiger partial charge in [-0.2, -0.15) is 0 Å². The van der Waals surface area contributed by atoms with Gasteiger partial charge < -0.3 is 15.6 Å². The standard InChI is InChI=1S/C23H27FN4O/c24-20-6-1-2-7-22(20)28-13-11-27(12-14-28)10-4-3-5-18-16-26-21-9-8-17(23(25)29)15-19(18)21/h1-2,6-9,15-16,26H,3-5,10-14H2,(H2,25,29). The molecule has 0 saturated carbocycles. The molecule has 3 aromatic rings. The predicted octanol–water partition coefficient (Wildman–Crippen LogP) is 3.55. The number of hydrogen-bond donors (Lipinski definition) is 2. The molecule has 29 heavy (non-hydrogen) atoms. The molecule has 2 heterocycles. The second-order valence-corrected chi connectivity index (χ2v) is 7.68. The van der Waals surface area contributed by atoms with Crippen LogP contribution in [0.1, 0.15) is 28.8 Å². The number of nitrogens with two attached hydrogens (primary N) is 1. The molecule has 1 aliphatic rings. The van der Waals surface area contributed by atoms with Crippen molar-refractivity contribution >= 4 is 22.5 Å². The molecule has 0 radical (unpaired) electrons. The molecule has 0 bridgehead atoms. The molecular formula is C23H27FN4O. The van der Waals surface area contributed by atoms with Gasteiger partial charge in [-0.15, -0.1) is 0 Å². The topological polar surface area (TPSA) is 65.4 Å². The van der Waals surface area contributed by atoms with E-state index in [0.29, 0.717) is 11.3 Å². The minimum atomic E-state index is -0.395. The Kier molecular flexibility index (Phi) is 5.81. The highest BCUT2D eigenvalue weighted by Crippen LogP contribution is 2.22. The molecule has 0 atom stereocenters. The highest BCUT2D eigenvalue weighted by atomic mass is 19.1. The number of primary amides is 1. The van der Waals surface area contributed by atoms with E-state index in [1.54, 1.807) is 12.1 Å². The van der Waals surface area contributed by atoms with Gasteiger partial charge in [-0.1, -0.05) is 12.1 Å². The van der Waals surface area contributed by atoms with Crippen molar-refractivity contribution in [2.75, 3.05) is 37.6 Å². The van der Waals surface area contributed by atoms with Gasteiger partial charge in [-0.05, 0) is 61.7 Å². The number of hydrogen-bond acceptors (Lipinski definition) is 3. The lowest BCUT2D eigenvalue weighted by Gasteiger charge is -2.36. The number of fused-ring (bicyclic) bond motifs is 1. The maximum absolute atomic E-state index is 14.0. The predicted molar refractivity (Wildman–Crippen MR) is 115 cm³/mol. The van der Waals surface area contributed by atoms with E-state index in [0.717, 1.165) is 62.9 Å². The number of nitrogens with one attached hydrogen (secondary N) is 1. The maximum atomic E-state index is 14.0. The fourth-order valence-electron chi connectivity index (χ4n) is 4.11. The molecule has 1 fully saturated rings. The smallest absolute Gasteiger partial charge is 0.248 e. The molecule has 1 saturated heterocycles. The van der Waals surface area contributed by atoms with Gasteiger partial charge >= 0.3 is 0 Å². The average molecular weight is 394 g/mol. The van der Waals surface area contributed by atoms with Gasteiger partial charge in [0, 0.05) is 48.8 Å². The third-order valence-corrected chi connectivity index (χ3v) is 5.79. The number of unbranched alkanes of at least 4 members (excludes halogenated alkanes) is 1. The Morgan fingerprint density at radius 2 is 1.86 bits per heavy atom. The summed E-state index contributed by atoms with van der Waals surface area (Å²) >= 11 is 0. The second-order valence-electron chi connectivity index (χ2n) is 7.68. The van der Waals surface area contributed by atoms with Crippen LogP contribution in [-0.4, -0.2) is 48.5 Å². The van der Waals surface area contributed by atoms with Crippen molar-refractivity contribution in [2.45, 2.75) is 19.3 Å². The lowest BCUT2D eigenvalue weighted by molar-refractivity contribution is 0.100. The van der Waals surface area contributed by atoms with Gasteiger partial charge in [0.25, 0.3) is 0 Å². The number of halogens is 1. The van der Waals surface area contributed by atoms with Gasteiger partial charge in [0.2, 0.25) is 5.91 Å². The van der Waals surface area contributed by atoms with E-state index in [4.69, 9.17) is 5.73 Å². The molecule has 6 heteroatoms. The second kappa shape index (κ2) is 8.66. The number of anilines is 1. The first kappa shape index (κ1) is 19.5. The quantitative estimate of drug-likeness (QED) is 0.603. The van der Waals surface area contributed by atoms with E-state index in [1.807, 2.05) is 30.5 Å². The van der Waals surface area contributed by atoms with Crippen LogP contribution >= 0.6 is 0 Å². The van der Waals surface area contributed by atoms with E-state index >= 15 is 0 Å². The zero-order valence-electron chi connectivity index (χ0n) is 16.5. The van der Waals surface area contributed by atoms with E-state index in [-0.39, 0.29) is 5.82 Å². The van der Waals surface area contributed by atoms with Crippen LogP contribution in [0.3, 0.4) is 0 Å². The highest BCUT2D eigenvalue weighted by molar-refractivity contribution is 5.97. The van der Waals surface area contributed by atoms with E-state index in [2.05, 4.69) is 14.8 Å². The van der Waals surface area contributed by atoms with Crippen LogP contribution in [0, 0.1) is 5.82 Å². The van der Waals surface area contributed by atoms with Crippen LogP contribution in [-0.2, 0) is 6.42 Å². The fraction of sp³-hybridized carbons (Fsp3) is 0.348. The number of piperazine rings is 1.